The van der Waals surface area contributed by atoms with E-state index in [2.05, 4.69) is 17.4 Å². The lowest BCUT2D eigenvalue weighted by Gasteiger charge is -2.09. The zero-order chi connectivity index (χ0) is 18.4. The number of halogens is 2. The first-order chi connectivity index (χ1) is 12.6. The maximum Gasteiger partial charge on any atom is 0.255 e. The molecule has 5 heteroatoms. The van der Waals surface area contributed by atoms with Crippen LogP contribution in [0, 0.1) is 0 Å². The Morgan fingerprint density at radius 3 is 2.31 bits per heavy atom. The molecule has 3 aromatic rings. The van der Waals surface area contributed by atoms with E-state index in [0.29, 0.717) is 27.9 Å². The van der Waals surface area contributed by atoms with E-state index in [1.165, 1.54) is 5.56 Å². The number of hydrogen-bond acceptors (Lipinski definition) is 2. The maximum atomic E-state index is 12.3. The van der Waals surface area contributed by atoms with Gasteiger partial charge in [0.2, 0.25) is 0 Å². The summed E-state index contributed by atoms with van der Waals surface area (Å²) >= 11 is 11.8. The van der Waals surface area contributed by atoms with Gasteiger partial charge in [-0.2, -0.15) is 0 Å². The van der Waals surface area contributed by atoms with Crippen molar-refractivity contribution in [2.45, 2.75) is 6.42 Å². The van der Waals surface area contributed by atoms with Crippen molar-refractivity contribution >= 4 is 34.8 Å². The summed E-state index contributed by atoms with van der Waals surface area (Å²) in [6.07, 6.45) is 0.834. The van der Waals surface area contributed by atoms with Crippen LogP contribution < -0.4 is 10.1 Å². The van der Waals surface area contributed by atoms with Gasteiger partial charge in [0.15, 0.2) is 0 Å². The number of ether oxygens (including phenoxy) is 1. The van der Waals surface area contributed by atoms with Gasteiger partial charge in [-0.05, 0) is 48.0 Å². The van der Waals surface area contributed by atoms with Crippen molar-refractivity contribution in [1.29, 1.82) is 0 Å². The van der Waals surface area contributed by atoms with Gasteiger partial charge in [0, 0.05) is 17.7 Å². The number of carbonyl (C=O) groups excluding carboxylic acids is 1. The Balaban J connectivity index is 1.54. The maximum absolute atomic E-state index is 12.3. The number of rotatable bonds is 6. The summed E-state index contributed by atoms with van der Waals surface area (Å²) < 4.78 is 5.73. The molecule has 3 nitrogen and oxygen atoms in total. The van der Waals surface area contributed by atoms with E-state index in [1.54, 1.807) is 42.5 Å². The molecule has 0 fully saturated rings. The van der Waals surface area contributed by atoms with Crippen LogP contribution in [-0.2, 0) is 6.42 Å². The fourth-order valence-electron chi connectivity index (χ4n) is 2.41. The van der Waals surface area contributed by atoms with Gasteiger partial charge in [0.25, 0.3) is 5.91 Å². The molecule has 132 valence electrons. The minimum absolute atomic E-state index is 0.223. The standard InChI is InChI=1S/C21H17Cl2NO2/c22-19-11-8-17(14-20(19)23)24-21(25)16-6-9-18(10-7-16)26-13-12-15-4-2-1-3-5-15/h1-11,14H,12-13H2,(H,24,25). The molecule has 0 aromatic heterocycles. The normalized spacial score (nSPS) is 10.4. The van der Waals surface area contributed by atoms with Crippen LogP contribution in [0.5, 0.6) is 5.75 Å². The molecule has 1 N–H and O–H groups in total. The minimum Gasteiger partial charge on any atom is -0.493 e. The third kappa shape index (κ3) is 5.01. The molecule has 0 saturated heterocycles. The molecule has 3 rings (SSSR count). The highest BCUT2D eigenvalue weighted by Gasteiger charge is 2.08. The lowest BCUT2D eigenvalue weighted by Crippen LogP contribution is -2.11. The highest BCUT2D eigenvalue weighted by atomic mass is 35.5. The first-order valence-electron chi connectivity index (χ1n) is 8.15. The molecule has 1 amide bonds. The summed E-state index contributed by atoms with van der Waals surface area (Å²) in [5, 5.41) is 3.63. The van der Waals surface area contributed by atoms with E-state index in [9.17, 15) is 4.79 Å². The fourth-order valence-corrected chi connectivity index (χ4v) is 2.71. The lowest BCUT2D eigenvalue weighted by atomic mass is 10.2. The largest absolute Gasteiger partial charge is 0.493 e. The average molecular weight is 386 g/mol. The van der Waals surface area contributed by atoms with E-state index >= 15 is 0 Å². The molecule has 0 heterocycles. The van der Waals surface area contributed by atoms with Crippen molar-refractivity contribution < 1.29 is 9.53 Å². The molecule has 0 aliphatic heterocycles. The second-order valence-corrected chi connectivity index (χ2v) is 6.51. The van der Waals surface area contributed by atoms with E-state index in [1.807, 2.05) is 18.2 Å². The summed E-state index contributed by atoms with van der Waals surface area (Å²) in [5.41, 5.74) is 2.35. The van der Waals surface area contributed by atoms with Gasteiger partial charge in [-0.1, -0.05) is 53.5 Å². The van der Waals surface area contributed by atoms with Crippen molar-refractivity contribution in [1.82, 2.24) is 0 Å². The third-order valence-electron chi connectivity index (χ3n) is 3.80. The third-order valence-corrected chi connectivity index (χ3v) is 4.54. The highest BCUT2D eigenvalue weighted by Crippen LogP contribution is 2.25. The summed E-state index contributed by atoms with van der Waals surface area (Å²) in [5.74, 6) is 0.506. The first kappa shape index (κ1) is 18.3. The van der Waals surface area contributed by atoms with Gasteiger partial charge in [0.1, 0.15) is 5.75 Å². The van der Waals surface area contributed by atoms with Crippen LogP contribution in [0.4, 0.5) is 5.69 Å². The quantitative estimate of drug-likeness (QED) is 0.576. The lowest BCUT2D eigenvalue weighted by molar-refractivity contribution is 0.102. The molecule has 0 aliphatic rings. The second-order valence-electron chi connectivity index (χ2n) is 5.69. The van der Waals surface area contributed by atoms with Crippen LogP contribution in [0.2, 0.25) is 10.0 Å². The Hall–Kier alpha value is -2.49. The summed E-state index contributed by atoms with van der Waals surface area (Å²) in [6.45, 7) is 0.582. The summed E-state index contributed by atoms with van der Waals surface area (Å²) in [7, 11) is 0. The second kappa shape index (κ2) is 8.75. The van der Waals surface area contributed by atoms with Crippen LogP contribution >= 0.6 is 23.2 Å². The summed E-state index contributed by atoms with van der Waals surface area (Å²) in [4.78, 5) is 12.3. The fraction of sp³-hybridized carbons (Fsp3) is 0.0952. The van der Waals surface area contributed by atoms with Crippen LogP contribution in [0.3, 0.4) is 0 Å². The number of hydrogen-bond donors (Lipinski definition) is 1. The molecule has 0 atom stereocenters. The Labute approximate surface area is 162 Å². The molecule has 3 aromatic carbocycles. The number of anilines is 1. The van der Waals surface area contributed by atoms with E-state index < -0.39 is 0 Å². The predicted octanol–water partition coefficient (Wildman–Crippen LogP) is 5.87. The zero-order valence-electron chi connectivity index (χ0n) is 13.9. The van der Waals surface area contributed by atoms with Crippen molar-refractivity contribution in [3.05, 3.63) is 94.0 Å². The van der Waals surface area contributed by atoms with Crippen molar-refractivity contribution in [2.24, 2.45) is 0 Å². The number of carbonyl (C=O) groups is 1. The van der Waals surface area contributed by atoms with E-state index in [4.69, 9.17) is 27.9 Å². The van der Waals surface area contributed by atoms with E-state index in [-0.39, 0.29) is 5.91 Å². The van der Waals surface area contributed by atoms with Gasteiger partial charge >= 0.3 is 0 Å². The van der Waals surface area contributed by atoms with Crippen LogP contribution in [0.1, 0.15) is 15.9 Å². The van der Waals surface area contributed by atoms with Crippen molar-refractivity contribution in [3.63, 3.8) is 0 Å². The van der Waals surface area contributed by atoms with Gasteiger partial charge in [0.05, 0.1) is 16.7 Å². The minimum atomic E-state index is -0.223. The molecular formula is C21H17Cl2NO2. The SMILES string of the molecule is O=C(Nc1ccc(Cl)c(Cl)c1)c1ccc(OCCc2ccccc2)cc1. The van der Waals surface area contributed by atoms with E-state index in [0.717, 1.165) is 12.2 Å². The monoisotopic (exact) mass is 385 g/mol. The van der Waals surface area contributed by atoms with Gasteiger partial charge < -0.3 is 10.1 Å². The Morgan fingerprint density at radius 2 is 1.62 bits per heavy atom. The molecule has 0 bridgehead atoms. The number of amides is 1. The number of benzene rings is 3. The molecule has 26 heavy (non-hydrogen) atoms. The molecule has 0 aliphatic carbocycles. The number of nitrogens with one attached hydrogen (secondary N) is 1. The Kier molecular flexibility index (Phi) is 6.16. The topological polar surface area (TPSA) is 38.3 Å². The van der Waals surface area contributed by atoms with Crippen LogP contribution in [-0.4, -0.2) is 12.5 Å². The first-order valence-corrected chi connectivity index (χ1v) is 8.90. The smallest absolute Gasteiger partial charge is 0.255 e. The Bertz CT molecular complexity index is 880. The Morgan fingerprint density at radius 1 is 0.885 bits per heavy atom. The van der Waals surface area contributed by atoms with Gasteiger partial charge in [-0.25, -0.2) is 0 Å². The average Bonchev–Trinajstić information content (AvgIpc) is 2.66. The van der Waals surface area contributed by atoms with Crippen LogP contribution in [0.25, 0.3) is 0 Å². The van der Waals surface area contributed by atoms with Crippen molar-refractivity contribution in [2.75, 3.05) is 11.9 Å². The molecular weight excluding hydrogens is 369 g/mol. The van der Waals surface area contributed by atoms with Crippen molar-refractivity contribution in [3.8, 4) is 5.75 Å². The zero-order valence-corrected chi connectivity index (χ0v) is 15.4. The van der Waals surface area contributed by atoms with Crippen LogP contribution in [0.15, 0.2) is 72.8 Å². The van der Waals surface area contributed by atoms with Gasteiger partial charge in [-0.3, -0.25) is 4.79 Å². The summed E-state index contributed by atoms with van der Waals surface area (Å²) in [6, 6.07) is 22.1. The molecule has 0 spiro atoms. The molecule has 0 radical (unpaired) electrons. The molecule has 0 unspecified atom stereocenters. The predicted molar refractivity (Wildman–Crippen MR) is 106 cm³/mol. The molecule has 0 saturated carbocycles. The highest BCUT2D eigenvalue weighted by molar-refractivity contribution is 6.42. The van der Waals surface area contributed by atoms with Gasteiger partial charge in [-0.15, -0.1) is 0 Å².